The first-order valence-corrected chi connectivity index (χ1v) is 10.0. The molecule has 0 fully saturated rings. The number of halogens is 6. The summed E-state index contributed by atoms with van der Waals surface area (Å²) in [5.74, 6) is -0.419. The van der Waals surface area contributed by atoms with Crippen LogP contribution in [-0.4, -0.2) is 5.78 Å². The lowest BCUT2D eigenvalue weighted by Crippen LogP contribution is -2.35. The Labute approximate surface area is 190 Å². The minimum absolute atomic E-state index is 0.0746. The van der Waals surface area contributed by atoms with Crippen molar-refractivity contribution >= 4 is 5.78 Å². The van der Waals surface area contributed by atoms with Crippen molar-refractivity contribution in [2.45, 2.75) is 12.4 Å². The molecule has 34 heavy (non-hydrogen) atoms. The molecule has 0 radical (unpaired) electrons. The van der Waals surface area contributed by atoms with Gasteiger partial charge in [-0.05, 0) is 24.3 Å². The van der Waals surface area contributed by atoms with Crippen LogP contribution in [0.15, 0.2) is 97.2 Å². The summed E-state index contributed by atoms with van der Waals surface area (Å²) in [6, 6.07) is 21.0. The number of ketones is 1. The van der Waals surface area contributed by atoms with E-state index in [1.165, 1.54) is 22.9 Å². The quantitative estimate of drug-likeness (QED) is 0.180. The molecule has 2 nitrogen and oxygen atoms in total. The van der Waals surface area contributed by atoms with Crippen LogP contribution in [0, 0.1) is 0 Å². The lowest BCUT2D eigenvalue weighted by molar-refractivity contribution is -0.584. The van der Waals surface area contributed by atoms with Gasteiger partial charge in [0.2, 0.25) is 11.4 Å². The fraction of sp³-hybridized carbons (Fsp3) is 0.0769. The van der Waals surface area contributed by atoms with Crippen molar-refractivity contribution in [1.29, 1.82) is 0 Å². The lowest BCUT2D eigenvalue weighted by Gasteiger charge is -2.13. The van der Waals surface area contributed by atoms with Gasteiger partial charge in [-0.15, -0.1) is 0 Å². The van der Waals surface area contributed by atoms with Crippen molar-refractivity contribution in [3.63, 3.8) is 0 Å². The van der Waals surface area contributed by atoms with E-state index < -0.39 is 29.3 Å². The van der Waals surface area contributed by atoms with E-state index in [1.54, 1.807) is 60.7 Å². The van der Waals surface area contributed by atoms with E-state index in [0.29, 0.717) is 29.0 Å². The second kappa shape index (κ2) is 8.78. The fourth-order valence-corrected chi connectivity index (χ4v) is 3.53. The highest BCUT2D eigenvalue weighted by Crippen LogP contribution is 2.36. The SMILES string of the molecule is O=C(c1ccccc1)c1ccc(-c2ccccc2)[n+](-c2cc(C(F)(F)F)cc(C(F)(F)F)c2)c1. The first kappa shape index (κ1) is 23.2. The smallest absolute Gasteiger partial charge is 0.288 e. The predicted octanol–water partition coefficient (Wildman–Crippen LogP) is 6.90. The second-order valence-corrected chi connectivity index (χ2v) is 7.50. The van der Waals surface area contributed by atoms with Crippen LogP contribution in [0.2, 0.25) is 0 Å². The number of aromatic nitrogens is 1. The molecular weight excluding hydrogens is 456 g/mol. The van der Waals surface area contributed by atoms with E-state index in [-0.39, 0.29) is 17.3 Å². The van der Waals surface area contributed by atoms with Gasteiger partial charge in [-0.2, -0.15) is 30.9 Å². The van der Waals surface area contributed by atoms with Gasteiger partial charge < -0.3 is 0 Å². The van der Waals surface area contributed by atoms with Gasteiger partial charge >= 0.3 is 12.4 Å². The number of pyridine rings is 1. The number of carbonyl (C=O) groups excluding carboxylic acids is 1. The molecule has 3 aromatic carbocycles. The first-order chi connectivity index (χ1) is 16.0. The molecule has 0 saturated carbocycles. The third kappa shape index (κ3) is 4.85. The Balaban J connectivity index is 1.98. The van der Waals surface area contributed by atoms with Crippen molar-refractivity contribution in [3.8, 4) is 16.9 Å². The van der Waals surface area contributed by atoms with Gasteiger partial charge in [0.1, 0.15) is 0 Å². The lowest BCUT2D eigenvalue weighted by atomic mass is 10.0. The van der Waals surface area contributed by atoms with Crippen LogP contribution in [0.1, 0.15) is 27.0 Å². The Bertz CT molecular complexity index is 1300. The third-order valence-electron chi connectivity index (χ3n) is 5.17. The molecule has 0 amide bonds. The summed E-state index contributed by atoms with van der Waals surface area (Å²) in [6.45, 7) is 0. The molecule has 0 aliphatic heterocycles. The molecule has 1 heterocycles. The summed E-state index contributed by atoms with van der Waals surface area (Å²) in [5.41, 5.74) is -1.95. The molecule has 0 saturated heterocycles. The highest BCUT2D eigenvalue weighted by molar-refractivity contribution is 6.08. The topological polar surface area (TPSA) is 20.9 Å². The molecule has 0 aliphatic carbocycles. The van der Waals surface area contributed by atoms with Crippen LogP contribution in [0.4, 0.5) is 26.3 Å². The minimum Gasteiger partial charge on any atom is -0.288 e. The van der Waals surface area contributed by atoms with E-state index in [2.05, 4.69) is 0 Å². The standard InChI is InChI=1S/C26H16F6NO/c27-25(28,29)20-13-21(26(30,31)32)15-22(14-20)33-16-19(24(34)18-9-5-2-6-10-18)11-12-23(33)17-7-3-1-4-8-17/h1-16H/q+1. The molecule has 0 bridgehead atoms. The van der Waals surface area contributed by atoms with Crippen LogP contribution in [-0.2, 0) is 12.4 Å². The van der Waals surface area contributed by atoms with E-state index in [1.807, 2.05) is 0 Å². The van der Waals surface area contributed by atoms with Crippen molar-refractivity contribution < 1.29 is 35.7 Å². The number of hydrogen-bond donors (Lipinski definition) is 0. The molecule has 172 valence electrons. The van der Waals surface area contributed by atoms with Crippen LogP contribution in [0.3, 0.4) is 0 Å². The van der Waals surface area contributed by atoms with Crippen molar-refractivity contribution in [2.75, 3.05) is 0 Å². The molecule has 0 unspecified atom stereocenters. The van der Waals surface area contributed by atoms with Crippen LogP contribution < -0.4 is 4.57 Å². The molecule has 4 aromatic rings. The molecular formula is C26H16F6NO+. The summed E-state index contributed by atoms with van der Waals surface area (Å²) in [6.07, 6.45) is -8.74. The van der Waals surface area contributed by atoms with Gasteiger partial charge in [-0.1, -0.05) is 48.5 Å². The number of benzene rings is 3. The Morgan fingerprint density at radius 2 is 1.15 bits per heavy atom. The maximum atomic E-state index is 13.5. The van der Waals surface area contributed by atoms with Crippen molar-refractivity contribution in [1.82, 2.24) is 0 Å². The highest BCUT2D eigenvalue weighted by Gasteiger charge is 2.38. The van der Waals surface area contributed by atoms with Crippen molar-refractivity contribution in [2.24, 2.45) is 0 Å². The third-order valence-corrected chi connectivity index (χ3v) is 5.17. The molecule has 8 heteroatoms. The monoisotopic (exact) mass is 472 g/mol. The second-order valence-electron chi connectivity index (χ2n) is 7.50. The molecule has 0 N–H and O–H groups in total. The first-order valence-electron chi connectivity index (χ1n) is 10.0. The number of hydrogen-bond acceptors (Lipinski definition) is 1. The molecule has 0 spiro atoms. The minimum atomic E-state index is -5.00. The summed E-state index contributed by atoms with van der Waals surface area (Å²) >= 11 is 0. The largest absolute Gasteiger partial charge is 0.416 e. The number of nitrogens with zero attached hydrogens (tertiary/aromatic N) is 1. The van der Waals surface area contributed by atoms with Gasteiger partial charge in [0, 0.05) is 29.3 Å². The van der Waals surface area contributed by atoms with E-state index in [0.717, 1.165) is 0 Å². The predicted molar refractivity (Wildman–Crippen MR) is 113 cm³/mol. The Morgan fingerprint density at radius 1 is 0.618 bits per heavy atom. The fourth-order valence-electron chi connectivity index (χ4n) is 3.53. The summed E-state index contributed by atoms with van der Waals surface area (Å²) < 4.78 is 82.0. The van der Waals surface area contributed by atoms with Crippen LogP contribution in [0.25, 0.3) is 16.9 Å². The van der Waals surface area contributed by atoms with Gasteiger partial charge in [0.05, 0.1) is 16.7 Å². The average molecular weight is 472 g/mol. The maximum Gasteiger partial charge on any atom is 0.416 e. The molecule has 0 atom stereocenters. The zero-order valence-electron chi connectivity index (χ0n) is 17.4. The van der Waals surface area contributed by atoms with Gasteiger partial charge in [-0.25, -0.2) is 0 Å². The van der Waals surface area contributed by atoms with E-state index >= 15 is 0 Å². The molecule has 1 aromatic heterocycles. The summed E-state index contributed by atoms with van der Waals surface area (Å²) in [7, 11) is 0. The average Bonchev–Trinajstić information content (AvgIpc) is 2.83. The van der Waals surface area contributed by atoms with Gasteiger partial charge in [-0.3, -0.25) is 4.79 Å². The van der Waals surface area contributed by atoms with Crippen LogP contribution in [0.5, 0.6) is 0 Å². The summed E-state index contributed by atoms with van der Waals surface area (Å²) in [4.78, 5) is 13.0. The Kier molecular flexibility index (Phi) is 6.00. The normalized spacial score (nSPS) is 11.9. The molecule has 4 rings (SSSR count). The number of carbonyl (C=O) groups is 1. The maximum absolute atomic E-state index is 13.5. The number of alkyl halides is 6. The van der Waals surface area contributed by atoms with Crippen molar-refractivity contribution in [3.05, 3.63) is 119 Å². The highest BCUT2D eigenvalue weighted by atomic mass is 19.4. The number of rotatable bonds is 4. The van der Waals surface area contributed by atoms with Crippen LogP contribution >= 0.6 is 0 Å². The Morgan fingerprint density at radius 3 is 1.68 bits per heavy atom. The zero-order valence-corrected chi connectivity index (χ0v) is 17.4. The van der Waals surface area contributed by atoms with Gasteiger partial charge in [0.15, 0.2) is 12.0 Å². The summed E-state index contributed by atoms with van der Waals surface area (Å²) in [5, 5.41) is 0. The van der Waals surface area contributed by atoms with Gasteiger partial charge in [0.25, 0.3) is 0 Å². The van der Waals surface area contributed by atoms with E-state index in [4.69, 9.17) is 0 Å². The zero-order chi connectivity index (χ0) is 24.5. The van der Waals surface area contributed by atoms with E-state index in [9.17, 15) is 31.1 Å². The Hall–Kier alpha value is -3.94. The molecule has 0 aliphatic rings.